The lowest BCUT2D eigenvalue weighted by Crippen LogP contribution is -2.49. The number of ether oxygens (including phenoxy) is 2. The Labute approximate surface area is 355 Å². The summed E-state index contributed by atoms with van der Waals surface area (Å²) in [5.74, 6) is 6.77. The largest absolute Gasteiger partial charge is 0.374 e. The molecule has 0 spiro atoms. The first kappa shape index (κ1) is 40.1. The first-order valence-electron chi connectivity index (χ1n) is 21.5. The van der Waals surface area contributed by atoms with Crippen molar-refractivity contribution >= 4 is 51.5 Å². The topological polar surface area (TPSA) is 164 Å². The van der Waals surface area contributed by atoms with E-state index in [2.05, 4.69) is 47.5 Å². The summed E-state index contributed by atoms with van der Waals surface area (Å²) in [4.78, 5) is 53.0. The minimum absolute atomic E-state index is 0.00227. The third kappa shape index (κ3) is 8.07. The quantitative estimate of drug-likeness (QED) is 0.174. The molecule has 2 bridgehead atoms. The molecular weight excluding hydrogens is 801 g/mol. The lowest BCUT2D eigenvalue weighted by molar-refractivity contribution is -0.120. The van der Waals surface area contributed by atoms with Crippen LogP contribution in [-0.2, 0) is 14.3 Å². The van der Waals surface area contributed by atoms with Crippen molar-refractivity contribution < 1.29 is 32.6 Å². The molecule has 8 heterocycles. The van der Waals surface area contributed by atoms with Crippen LogP contribution in [-0.4, -0.2) is 116 Å². The molecule has 4 saturated heterocycles. The SMILES string of the molecule is O=C1CCN(c2cncc3c(C#CCOC4CCN(C[C@H]5CC[C@H](n6cc(NC(=O)c7cnn8ccc(N9C[C@H]%10C[C@@H]9CO%10)nc78)c(C(F)F)n6)CC5)CC4)cccc23)C(=O)N1. The average molecular weight is 848 g/mol. The molecule has 5 aliphatic rings. The number of benzene rings is 1. The molecule has 1 aliphatic carbocycles. The second kappa shape index (κ2) is 17.0. The number of imide groups is 1. The Hall–Kier alpha value is -6.03. The highest BCUT2D eigenvalue weighted by atomic mass is 19.3. The lowest BCUT2D eigenvalue weighted by Gasteiger charge is -2.36. The number of morpholine rings is 1. The summed E-state index contributed by atoms with van der Waals surface area (Å²) < 4.78 is 43.6. The van der Waals surface area contributed by atoms with Crippen LogP contribution in [0.2, 0.25) is 0 Å². The van der Waals surface area contributed by atoms with E-state index in [-0.39, 0.29) is 47.9 Å². The van der Waals surface area contributed by atoms with Crippen molar-refractivity contribution in [3.63, 3.8) is 0 Å². The molecule has 2 atom stereocenters. The highest BCUT2D eigenvalue weighted by Crippen LogP contribution is 2.37. The van der Waals surface area contributed by atoms with Crippen molar-refractivity contribution in [2.24, 2.45) is 5.92 Å². The predicted octanol–water partition coefficient (Wildman–Crippen LogP) is 5.35. The Morgan fingerprint density at radius 2 is 1.87 bits per heavy atom. The van der Waals surface area contributed by atoms with Crippen LogP contribution in [0.25, 0.3) is 16.4 Å². The monoisotopic (exact) mass is 847 g/mol. The van der Waals surface area contributed by atoms with Gasteiger partial charge < -0.3 is 24.6 Å². The van der Waals surface area contributed by atoms with Gasteiger partial charge in [0.1, 0.15) is 18.0 Å². The zero-order chi connectivity index (χ0) is 42.3. The molecule has 4 amide bonds. The first-order valence-corrected chi connectivity index (χ1v) is 21.5. The molecule has 5 aromatic rings. The number of carbonyl (C=O) groups is 3. The zero-order valence-electron chi connectivity index (χ0n) is 34.1. The second-order valence-corrected chi connectivity index (χ2v) is 16.9. The van der Waals surface area contributed by atoms with Gasteiger partial charge in [0.15, 0.2) is 11.3 Å². The molecular formula is C44H47F2N11O5. The summed E-state index contributed by atoms with van der Waals surface area (Å²) in [6, 6.07) is 7.37. The number of fused-ring (bicyclic) bond motifs is 4. The second-order valence-electron chi connectivity index (χ2n) is 16.9. The summed E-state index contributed by atoms with van der Waals surface area (Å²) in [5.41, 5.74) is 1.54. The number of amides is 4. The van der Waals surface area contributed by atoms with Crippen molar-refractivity contribution in [3.8, 4) is 11.8 Å². The number of hydrogen-bond donors (Lipinski definition) is 2. The Morgan fingerprint density at radius 3 is 2.65 bits per heavy atom. The molecule has 2 N–H and O–H groups in total. The number of aromatic nitrogens is 6. The van der Waals surface area contributed by atoms with E-state index in [1.54, 1.807) is 29.5 Å². The molecule has 10 rings (SSSR count). The molecule has 0 unspecified atom stereocenters. The van der Waals surface area contributed by atoms with Gasteiger partial charge in [0.05, 0.1) is 54.7 Å². The number of nitrogens with zero attached hydrogens (tertiary/aromatic N) is 9. The van der Waals surface area contributed by atoms with E-state index in [1.807, 2.05) is 24.3 Å². The highest BCUT2D eigenvalue weighted by molar-refractivity contribution is 6.10. The fourth-order valence-electron chi connectivity index (χ4n) is 9.70. The van der Waals surface area contributed by atoms with Crippen LogP contribution >= 0.6 is 0 Å². The number of nitrogens with one attached hydrogen (secondary N) is 2. The molecule has 0 radical (unpaired) electrons. The van der Waals surface area contributed by atoms with E-state index >= 15 is 0 Å². The number of anilines is 3. The normalized spacial score (nSPS) is 23.3. The molecule has 1 saturated carbocycles. The Kier molecular flexibility index (Phi) is 11.0. The molecule has 16 nitrogen and oxygen atoms in total. The minimum atomic E-state index is -2.86. The fourth-order valence-corrected chi connectivity index (χ4v) is 9.70. The van der Waals surface area contributed by atoms with Crippen LogP contribution in [0.1, 0.15) is 85.4 Å². The van der Waals surface area contributed by atoms with Crippen LogP contribution in [0, 0.1) is 17.8 Å². The van der Waals surface area contributed by atoms with Gasteiger partial charge in [0.2, 0.25) is 5.91 Å². The van der Waals surface area contributed by atoms with Gasteiger partial charge in [-0.25, -0.2) is 23.1 Å². The number of carbonyl (C=O) groups excluding carboxylic acids is 3. The van der Waals surface area contributed by atoms with Crippen LogP contribution < -0.4 is 20.4 Å². The maximum atomic E-state index is 14.3. The standard InChI is InChI=1S/C44H47F2N11O5/c45-41(46)40-36(49-43(59)35-21-48-56-17-12-38(50-42(35)56)55-24-32-19-30(55)26-62-32)25-57(52-40)29-8-6-27(7-9-29)23-53-14-10-31(11-15-53)61-18-2-4-28-3-1-5-33-34(28)20-47-22-37(33)54-16-13-39(58)51-44(54)60/h1,3,5,12,17,20-22,25,27,29-32,41H,6-11,13-16,18-19,23-24,26H2,(H,49,59)(H,51,58,60)/t27-,29-,30-,32-/m1/s1. The van der Waals surface area contributed by atoms with Crippen LogP contribution in [0.5, 0.6) is 0 Å². The fraction of sp³-hybridized carbons (Fsp3) is 0.477. The van der Waals surface area contributed by atoms with E-state index in [9.17, 15) is 23.2 Å². The van der Waals surface area contributed by atoms with Gasteiger partial charge >= 0.3 is 6.03 Å². The summed E-state index contributed by atoms with van der Waals surface area (Å²) in [5, 5.41) is 15.3. The number of rotatable bonds is 10. The predicted molar refractivity (Wildman–Crippen MR) is 224 cm³/mol. The van der Waals surface area contributed by atoms with Crippen molar-refractivity contribution in [2.75, 3.05) is 61.1 Å². The van der Waals surface area contributed by atoms with Crippen LogP contribution in [0.3, 0.4) is 0 Å². The number of piperidine rings is 1. The van der Waals surface area contributed by atoms with Crippen molar-refractivity contribution in [1.82, 2.24) is 39.6 Å². The van der Waals surface area contributed by atoms with Gasteiger partial charge in [0.25, 0.3) is 12.3 Å². The molecule has 62 heavy (non-hydrogen) atoms. The van der Waals surface area contributed by atoms with Gasteiger partial charge in [-0.05, 0) is 63.0 Å². The number of hydrogen-bond acceptors (Lipinski definition) is 11. The number of likely N-dealkylation sites (tertiary alicyclic amines) is 1. The van der Waals surface area contributed by atoms with Gasteiger partial charge in [-0.15, -0.1) is 0 Å². The van der Waals surface area contributed by atoms with E-state index in [4.69, 9.17) is 14.5 Å². The zero-order valence-corrected chi connectivity index (χ0v) is 34.1. The number of halogens is 2. The Morgan fingerprint density at radius 1 is 1.02 bits per heavy atom. The van der Waals surface area contributed by atoms with Gasteiger partial charge in [-0.2, -0.15) is 10.2 Å². The molecule has 5 fully saturated rings. The third-order valence-electron chi connectivity index (χ3n) is 13.0. The summed E-state index contributed by atoms with van der Waals surface area (Å²) >= 11 is 0. The summed E-state index contributed by atoms with van der Waals surface area (Å²) in [6.45, 7) is 4.83. The van der Waals surface area contributed by atoms with Crippen molar-refractivity contribution in [2.45, 2.75) is 82.1 Å². The van der Waals surface area contributed by atoms with E-state index in [1.165, 1.54) is 15.6 Å². The van der Waals surface area contributed by atoms with Gasteiger partial charge in [-0.3, -0.25) is 29.5 Å². The van der Waals surface area contributed by atoms with E-state index < -0.39 is 24.1 Å². The first-order chi connectivity index (χ1) is 30.2. The van der Waals surface area contributed by atoms with Gasteiger partial charge in [0, 0.05) is 74.1 Å². The average Bonchev–Trinajstić information content (AvgIpc) is 4.11. The maximum Gasteiger partial charge on any atom is 0.328 e. The molecule has 4 aromatic heterocycles. The Bertz CT molecular complexity index is 2570. The van der Waals surface area contributed by atoms with E-state index in [0.29, 0.717) is 37.0 Å². The summed E-state index contributed by atoms with van der Waals surface area (Å²) in [6.07, 6.45) is 12.1. The molecule has 4 aliphatic heterocycles. The van der Waals surface area contributed by atoms with Crippen LogP contribution in [0.4, 0.5) is 30.8 Å². The Balaban J connectivity index is 0.694. The maximum absolute atomic E-state index is 14.3. The third-order valence-corrected chi connectivity index (χ3v) is 13.0. The molecule has 1 aromatic carbocycles. The van der Waals surface area contributed by atoms with Crippen molar-refractivity contribution in [1.29, 1.82) is 0 Å². The number of urea groups is 1. The summed E-state index contributed by atoms with van der Waals surface area (Å²) in [7, 11) is 0. The minimum Gasteiger partial charge on any atom is -0.374 e. The number of alkyl halides is 2. The van der Waals surface area contributed by atoms with E-state index in [0.717, 1.165) is 93.3 Å². The molecule has 18 heteroatoms. The number of pyridine rings is 1. The smallest absolute Gasteiger partial charge is 0.328 e. The highest BCUT2D eigenvalue weighted by Gasteiger charge is 2.40. The van der Waals surface area contributed by atoms with Gasteiger partial charge in [-0.1, -0.05) is 24.0 Å². The lowest BCUT2D eigenvalue weighted by atomic mass is 9.85. The van der Waals surface area contributed by atoms with Crippen LogP contribution in [0.15, 0.2) is 55.2 Å². The molecule has 322 valence electrons. The van der Waals surface area contributed by atoms with Crippen molar-refractivity contribution in [3.05, 3.63) is 72.1 Å².